The van der Waals surface area contributed by atoms with Gasteiger partial charge in [-0.1, -0.05) is 31.4 Å². The number of benzene rings is 1. The van der Waals surface area contributed by atoms with E-state index in [-0.39, 0.29) is 10.9 Å². The van der Waals surface area contributed by atoms with Gasteiger partial charge in [0.05, 0.1) is 5.02 Å². The Kier molecular flexibility index (Phi) is 5.26. The van der Waals surface area contributed by atoms with Crippen molar-refractivity contribution in [3.8, 4) is 0 Å². The molecule has 4 heteroatoms. The number of hydrogen-bond acceptors (Lipinski definition) is 1. The zero-order valence-electron chi connectivity index (χ0n) is 9.22. The monoisotopic (exact) mass is 243 g/mol. The lowest BCUT2D eigenvalue weighted by Crippen LogP contribution is -2.11. The molecule has 0 aliphatic heterocycles. The van der Waals surface area contributed by atoms with Gasteiger partial charge in [-0.2, -0.15) is 0 Å². The molecule has 0 atom stereocenters. The van der Waals surface area contributed by atoms with Gasteiger partial charge in [0.25, 0.3) is 0 Å². The van der Waals surface area contributed by atoms with Crippen LogP contribution in [0, 0.1) is 5.82 Å². The molecule has 1 aromatic carbocycles. The minimum Gasteiger partial charge on any atom is -0.326 e. The maximum Gasteiger partial charge on any atom is 0.224 e. The molecule has 0 aliphatic rings. The molecule has 0 aromatic heterocycles. The van der Waals surface area contributed by atoms with Crippen LogP contribution >= 0.6 is 11.6 Å². The van der Waals surface area contributed by atoms with Crippen molar-refractivity contribution < 1.29 is 9.18 Å². The van der Waals surface area contributed by atoms with Gasteiger partial charge in [0.15, 0.2) is 0 Å². The van der Waals surface area contributed by atoms with Crippen LogP contribution in [0.4, 0.5) is 10.1 Å². The summed E-state index contributed by atoms with van der Waals surface area (Å²) in [6.07, 6.45) is 3.48. The maximum absolute atomic E-state index is 12.8. The second-order valence-electron chi connectivity index (χ2n) is 3.63. The molecule has 0 saturated heterocycles. The third kappa shape index (κ3) is 4.19. The smallest absolute Gasteiger partial charge is 0.224 e. The van der Waals surface area contributed by atoms with Gasteiger partial charge < -0.3 is 5.32 Å². The zero-order chi connectivity index (χ0) is 12.0. The number of hydrogen-bond donors (Lipinski definition) is 1. The highest BCUT2D eigenvalue weighted by atomic mass is 35.5. The quantitative estimate of drug-likeness (QED) is 0.779. The van der Waals surface area contributed by atoms with Gasteiger partial charge in [-0.3, -0.25) is 4.79 Å². The first kappa shape index (κ1) is 13.0. The molecule has 1 N–H and O–H groups in total. The second-order valence-corrected chi connectivity index (χ2v) is 4.04. The van der Waals surface area contributed by atoms with Crippen LogP contribution in [0.1, 0.15) is 32.6 Å². The van der Waals surface area contributed by atoms with Gasteiger partial charge in [-0.25, -0.2) is 4.39 Å². The molecule has 0 spiro atoms. The number of carbonyl (C=O) groups excluding carboxylic acids is 1. The van der Waals surface area contributed by atoms with E-state index in [1.807, 2.05) is 0 Å². The average molecular weight is 244 g/mol. The number of rotatable bonds is 5. The molecule has 88 valence electrons. The summed E-state index contributed by atoms with van der Waals surface area (Å²) in [6, 6.07) is 4.15. The predicted molar refractivity (Wildman–Crippen MR) is 64.2 cm³/mol. The average Bonchev–Trinajstić information content (AvgIpc) is 2.24. The van der Waals surface area contributed by atoms with Gasteiger partial charge in [0, 0.05) is 12.1 Å². The fraction of sp³-hybridized carbons (Fsp3) is 0.417. The Labute approximate surface area is 99.8 Å². The Morgan fingerprint density at radius 1 is 1.44 bits per heavy atom. The van der Waals surface area contributed by atoms with Crippen molar-refractivity contribution in [2.75, 3.05) is 5.32 Å². The van der Waals surface area contributed by atoms with Crippen LogP contribution in [0.2, 0.25) is 5.02 Å². The van der Waals surface area contributed by atoms with E-state index in [4.69, 9.17) is 11.6 Å². The Balaban J connectivity index is 2.46. The number of unbranched alkanes of at least 4 members (excludes halogenated alkanes) is 2. The molecule has 1 rings (SSSR count). The van der Waals surface area contributed by atoms with Crippen molar-refractivity contribution in [2.45, 2.75) is 32.6 Å². The lowest BCUT2D eigenvalue weighted by atomic mass is 10.2. The molecule has 0 fully saturated rings. The molecule has 1 amide bonds. The summed E-state index contributed by atoms with van der Waals surface area (Å²) < 4.78 is 12.8. The Hall–Kier alpha value is -1.09. The SMILES string of the molecule is CCCCCC(=O)Nc1ccc(F)c(Cl)c1. The van der Waals surface area contributed by atoms with Crippen molar-refractivity contribution in [1.82, 2.24) is 0 Å². The van der Waals surface area contributed by atoms with Crippen molar-refractivity contribution in [2.24, 2.45) is 0 Å². The summed E-state index contributed by atoms with van der Waals surface area (Å²) in [5.41, 5.74) is 0.535. The van der Waals surface area contributed by atoms with E-state index in [2.05, 4.69) is 12.2 Å². The molecule has 0 heterocycles. The molecule has 0 radical (unpaired) electrons. The lowest BCUT2D eigenvalue weighted by molar-refractivity contribution is -0.116. The van der Waals surface area contributed by atoms with E-state index < -0.39 is 5.82 Å². The van der Waals surface area contributed by atoms with Crippen molar-refractivity contribution in [3.05, 3.63) is 29.0 Å². The number of carbonyl (C=O) groups is 1. The molecule has 16 heavy (non-hydrogen) atoms. The highest BCUT2D eigenvalue weighted by molar-refractivity contribution is 6.31. The fourth-order valence-corrected chi connectivity index (χ4v) is 1.51. The minimum absolute atomic E-state index is 0.0198. The first-order valence-electron chi connectivity index (χ1n) is 5.38. The number of nitrogens with one attached hydrogen (secondary N) is 1. The van der Waals surface area contributed by atoms with Crippen LogP contribution in [-0.2, 0) is 4.79 Å². The molecule has 0 unspecified atom stereocenters. The van der Waals surface area contributed by atoms with Gasteiger partial charge in [0.2, 0.25) is 5.91 Å². The molecule has 0 bridgehead atoms. The Morgan fingerprint density at radius 3 is 2.81 bits per heavy atom. The summed E-state index contributed by atoms with van der Waals surface area (Å²) >= 11 is 5.60. The van der Waals surface area contributed by atoms with E-state index in [1.165, 1.54) is 18.2 Å². The Morgan fingerprint density at radius 2 is 2.19 bits per heavy atom. The third-order valence-electron chi connectivity index (χ3n) is 2.21. The normalized spacial score (nSPS) is 10.2. The first-order chi connectivity index (χ1) is 7.63. The van der Waals surface area contributed by atoms with Crippen LogP contribution in [0.5, 0.6) is 0 Å². The summed E-state index contributed by atoms with van der Waals surface area (Å²) in [7, 11) is 0. The minimum atomic E-state index is -0.481. The van der Waals surface area contributed by atoms with E-state index in [0.29, 0.717) is 12.1 Å². The number of anilines is 1. The van der Waals surface area contributed by atoms with Gasteiger partial charge in [-0.15, -0.1) is 0 Å². The first-order valence-corrected chi connectivity index (χ1v) is 5.76. The topological polar surface area (TPSA) is 29.1 Å². The van der Waals surface area contributed by atoms with Gasteiger partial charge >= 0.3 is 0 Å². The zero-order valence-corrected chi connectivity index (χ0v) is 9.98. The lowest BCUT2D eigenvalue weighted by Gasteiger charge is -2.05. The summed E-state index contributed by atoms with van der Waals surface area (Å²) in [5, 5.41) is 2.70. The molecule has 0 aliphatic carbocycles. The predicted octanol–water partition coefficient (Wildman–Crippen LogP) is 4.00. The van der Waals surface area contributed by atoms with Crippen LogP contribution < -0.4 is 5.32 Å². The Bertz CT molecular complexity index is 368. The molecule has 2 nitrogen and oxygen atoms in total. The van der Waals surface area contributed by atoms with Gasteiger partial charge in [0.1, 0.15) is 5.82 Å². The number of amides is 1. The van der Waals surface area contributed by atoms with E-state index >= 15 is 0 Å². The highest BCUT2D eigenvalue weighted by Gasteiger charge is 2.04. The van der Waals surface area contributed by atoms with Crippen molar-refractivity contribution in [1.29, 1.82) is 0 Å². The van der Waals surface area contributed by atoms with Crippen LogP contribution in [0.3, 0.4) is 0 Å². The molecule has 1 aromatic rings. The molecule has 0 saturated carbocycles. The number of halogens is 2. The van der Waals surface area contributed by atoms with E-state index in [1.54, 1.807) is 0 Å². The fourth-order valence-electron chi connectivity index (χ4n) is 1.33. The highest BCUT2D eigenvalue weighted by Crippen LogP contribution is 2.19. The van der Waals surface area contributed by atoms with Crippen LogP contribution in [-0.4, -0.2) is 5.91 Å². The molecular formula is C12H15ClFNO. The standard InChI is InChI=1S/C12H15ClFNO/c1-2-3-4-5-12(16)15-9-6-7-11(14)10(13)8-9/h6-8H,2-5H2,1H3,(H,15,16). The van der Waals surface area contributed by atoms with E-state index in [9.17, 15) is 9.18 Å². The van der Waals surface area contributed by atoms with Crippen LogP contribution in [0.15, 0.2) is 18.2 Å². The van der Waals surface area contributed by atoms with Crippen molar-refractivity contribution in [3.63, 3.8) is 0 Å². The maximum atomic E-state index is 12.8. The second kappa shape index (κ2) is 6.48. The summed E-state index contributed by atoms with van der Waals surface area (Å²) in [6.45, 7) is 2.08. The summed E-state index contributed by atoms with van der Waals surface area (Å²) in [4.78, 5) is 11.4. The largest absolute Gasteiger partial charge is 0.326 e. The molecular weight excluding hydrogens is 229 g/mol. The van der Waals surface area contributed by atoms with Crippen molar-refractivity contribution >= 4 is 23.2 Å². The van der Waals surface area contributed by atoms with Gasteiger partial charge in [-0.05, 0) is 24.6 Å². The summed E-state index contributed by atoms with van der Waals surface area (Å²) in [5.74, 6) is -0.540. The third-order valence-corrected chi connectivity index (χ3v) is 2.50. The van der Waals surface area contributed by atoms with E-state index in [0.717, 1.165) is 19.3 Å². The van der Waals surface area contributed by atoms with Crippen LogP contribution in [0.25, 0.3) is 0 Å².